The Morgan fingerprint density at radius 2 is 1.96 bits per heavy atom. The molecule has 0 fully saturated rings. The first-order valence-corrected chi connectivity index (χ1v) is 6.89. The van der Waals surface area contributed by atoms with Gasteiger partial charge in [0, 0.05) is 22.1 Å². The molecule has 0 aliphatic carbocycles. The van der Waals surface area contributed by atoms with Crippen molar-refractivity contribution >= 4 is 41.5 Å². The van der Waals surface area contributed by atoms with Gasteiger partial charge in [0.25, 0.3) is 11.6 Å². The van der Waals surface area contributed by atoms with Crippen LogP contribution in [-0.4, -0.2) is 28.0 Å². The number of nitrogens with one attached hydrogen (secondary N) is 1. The highest BCUT2D eigenvalue weighted by atomic mass is 35.5. The Kier molecular flexibility index (Phi) is 5.00. The molecule has 2 rings (SSSR count). The van der Waals surface area contributed by atoms with E-state index < -0.39 is 17.9 Å². The Bertz CT molecular complexity index is 782. The summed E-state index contributed by atoms with van der Waals surface area (Å²) in [6.45, 7) is 1.71. The van der Waals surface area contributed by atoms with E-state index in [2.05, 4.69) is 5.32 Å². The molecule has 0 unspecified atom stereocenters. The van der Waals surface area contributed by atoms with E-state index in [1.807, 2.05) is 0 Å². The van der Waals surface area contributed by atoms with E-state index in [1.54, 1.807) is 13.0 Å². The highest BCUT2D eigenvalue weighted by Gasteiger charge is 2.19. The molecule has 0 aliphatic rings. The van der Waals surface area contributed by atoms with Gasteiger partial charge in [0.15, 0.2) is 0 Å². The maximum Gasteiger partial charge on any atom is 0.489 e. The average molecular weight is 335 g/mol. The monoisotopic (exact) mass is 334 g/mol. The summed E-state index contributed by atoms with van der Waals surface area (Å²) in [6.07, 6.45) is 0. The van der Waals surface area contributed by atoms with E-state index in [0.717, 1.165) is 0 Å². The number of benzene rings is 2. The van der Waals surface area contributed by atoms with Gasteiger partial charge in [0.1, 0.15) is 5.69 Å². The van der Waals surface area contributed by atoms with Crippen molar-refractivity contribution in [3.05, 3.63) is 62.7 Å². The standard InChI is InChI=1S/C14H12BClN2O5/c1-8-2-5-12(13(6-8)18(22)23)17-14(19)9-3-4-10(15(20)21)11(16)7-9/h2-7,20-21H,1H3,(H,17,19). The van der Waals surface area contributed by atoms with Crippen LogP contribution in [0.2, 0.25) is 5.02 Å². The van der Waals surface area contributed by atoms with Crippen LogP contribution in [-0.2, 0) is 0 Å². The lowest BCUT2D eigenvalue weighted by atomic mass is 9.80. The number of carbonyl (C=O) groups excluding carboxylic acids is 1. The predicted molar refractivity (Wildman–Crippen MR) is 87.1 cm³/mol. The van der Waals surface area contributed by atoms with Crippen molar-refractivity contribution in [2.45, 2.75) is 6.92 Å². The van der Waals surface area contributed by atoms with Crippen molar-refractivity contribution in [1.29, 1.82) is 0 Å². The molecular weight excluding hydrogens is 322 g/mol. The van der Waals surface area contributed by atoms with Crippen molar-refractivity contribution in [3.63, 3.8) is 0 Å². The molecular formula is C14H12BClN2O5. The summed E-state index contributed by atoms with van der Waals surface area (Å²) in [5.74, 6) is -0.599. The van der Waals surface area contributed by atoms with E-state index in [-0.39, 0.29) is 27.4 Å². The fourth-order valence-electron chi connectivity index (χ4n) is 1.97. The largest absolute Gasteiger partial charge is 0.489 e. The van der Waals surface area contributed by atoms with Gasteiger partial charge in [-0.15, -0.1) is 0 Å². The van der Waals surface area contributed by atoms with Crippen LogP contribution in [0.25, 0.3) is 0 Å². The van der Waals surface area contributed by atoms with Crippen LogP contribution in [0.4, 0.5) is 11.4 Å². The fraction of sp³-hybridized carbons (Fsp3) is 0.0714. The van der Waals surface area contributed by atoms with Gasteiger partial charge in [-0.1, -0.05) is 23.7 Å². The number of halogens is 1. The number of nitrogens with zero attached hydrogens (tertiary/aromatic N) is 1. The van der Waals surface area contributed by atoms with Crippen molar-refractivity contribution < 1.29 is 19.8 Å². The number of rotatable bonds is 4. The normalized spacial score (nSPS) is 10.3. The number of nitro groups is 1. The smallest absolute Gasteiger partial charge is 0.423 e. The van der Waals surface area contributed by atoms with Gasteiger partial charge in [0.05, 0.1) is 4.92 Å². The average Bonchev–Trinajstić information content (AvgIpc) is 2.48. The Labute approximate surface area is 136 Å². The maximum atomic E-state index is 12.2. The molecule has 2 aromatic carbocycles. The second-order valence-electron chi connectivity index (χ2n) is 4.84. The quantitative estimate of drug-likeness (QED) is 0.445. The SMILES string of the molecule is Cc1ccc(NC(=O)c2ccc(B(O)O)c(Cl)c2)c([N+](=O)[O-])c1. The molecule has 0 saturated carbocycles. The number of hydrogen-bond donors (Lipinski definition) is 3. The van der Waals surface area contributed by atoms with Crippen molar-refractivity contribution in [2.24, 2.45) is 0 Å². The highest BCUT2D eigenvalue weighted by molar-refractivity contribution is 6.62. The summed E-state index contributed by atoms with van der Waals surface area (Å²) in [7, 11) is -1.75. The van der Waals surface area contributed by atoms with E-state index in [0.29, 0.717) is 5.56 Å². The molecule has 23 heavy (non-hydrogen) atoms. The summed E-state index contributed by atoms with van der Waals surface area (Å²) in [6, 6.07) is 8.33. The third-order valence-corrected chi connectivity index (χ3v) is 3.47. The fourth-order valence-corrected chi connectivity index (χ4v) is 2.25. The highest BCUT2D eigenvalue weighted by Crippen LogP contribution is 2.26. The summed E-state index contributed by atoms with van der Waals surface area (Å²) >= 11 is 5.87. The number of amides is 1. The summed E-state index contributed by atoms with van der Waals surface area (Å²) in [5, 5.41) is 31.7. The molecule has 9 heteroatoms. The Morgan fingerprint density at radius 1 is 1.26 bits per heavy atom. The minimum atomic E-state index is -1.75. The zero-order valence-corrected chi connectivity index (χ0v) is 12.7. The van der Waals surface area contributed by atoms with Crippen LogP contribution in [0.15, 0.2) is 36.4 Å². The third-order valence-electron chi connectivity index (χ3n) is 3.14. The van der Waals surface area contributed by atoms with E-state index in [1.165, 1.54) is 30.3 Å². The summed E-state index contributed by atoms with van der Waals surface area (Å²) in [4.78, 5) is 22.7. The Balaban J connectivity index is 2.30. The molecule has 0 saturated heterocycles. The number of anilines is 1. The van der Waals surface area contributed by atoms with Crippen LogP contribution in [0.5, 0.6) is 0 Å². The van der Waals surface area contributed by atoms with Gasteiger partial charge in [-0.3, -0.25) is 14.9 Å². The number of aryl methyl sites for hydroxylation is 1. The van der Waals surface area contributed by atoms with Crippen molar-refractivity contribution in [2.75, 3.05) is 5.32 Å². The lowest BCUT2D eigenvalue weighted by Crippen LogP contribution is -2.31. The molecule has 0 heterocycles. The zero-order chi connectivity index (χ0) is 17.1. The van der Waals surface area contributed by atoms with Gasteiger partial charge in [-0.05, 0) is 30.7 Å². The maximum absolute atomic E-state index is 12.2. The first kappa shape index (κ1) is 16.9. The van der Waals surface area contributed by atoms with E-state index in [9.17, 15) is 14.9 Å². The first-order valence-electron chi connectivity index (χ1n) is 6.51. The molecule has 1 amide bonds. The first-order chi connectivity index (χ1) is 10.8. The molecule has 0 aliphatic heterocycles. The second-order valence-corrected chi connectivity index (χ2v) is 5.25. The zero-order valence-electron chi connectivity index (χ0n) is 12.0. The van der Waals surface area contributed by atoms with Gasteiger partial charge in [-0.25, -0.2) is 0 Å². The van der Waals surface area contributed by atoms with E-state index in [4.69, 9.17) is 21.6 Å². The van der Waals surface area contributed by atoms with Gasteiger partial charge < -0.3 is 15.4 Å². The van der Waals surface area contributed by atoms with Crippen molar-refractivity contribution in [3.8, 4) is 0 Å². The van der Waals surface area contributed by atoms with Gasteiger partial charge in [-0.2, -0.15) is 0 Å². The number of nitro benzene ring substituents is 1. The summed E-state index contributed by atoms with van der Waals surface area (Å²) in [5.41, 5.74) is 0.734. The molecule has 7 nitrogen and oxygen atoms in total. The topological polar surface area (TPSA) is 113 Å². The Morgan fingerprint density at radius 3 is 2.52 bits per heavy atom. The molecule has 0 atom stereocenters. The van der Waals surface area contributed by atoms with Gasteiger partial charge >= 0.3 is 7.12 Å². The van der Waals surface area contributed by atoms with Crippen LogP contribution in [0.3, 0.4) is 0 Å². The molecule has 0 aromatic heterocycles. The molecule has 0 bridgehead atoms. The molecule has 3 N–H and O–H groups in total. The number of carbonyl (C=O) groups is 1. The van der Waals surface area contributed by atoms with Crippen LogP contribution >= 0.6 is 11.6 Å². The lowest BCUT2D eigenvalue weighted by Gasteiger charge is -2.08. The number of hydrogen-bond acceptors (Lipinski definition) is 5. The van der Waals surface area contributed by atoms with Crippen LogP contribution in [0.1, 0.15) is 15.9 Å². The van der Waals surface area contributed by atoms with Crippen molar-refractivity contribution in [1.82, 2.24) is 0 Å². The molecule has 0 radical (unpaired) electrons. The minimum Gasteiger partial charge on any atom is -0.423 e. The molecule has 2 aromatic rings. The lowest BCUT2D eigenvalue weighted by molar-refractivity contribution is -0.384. The molecule has 0 spiro atoms. The van der Waals surface area contributed by atoms with Crippen LogP contribution < -0.4 is 10.8 Å². The molecule has 118 valence electrons. The second kappa shape index (κ2) is 6.78. The third kappa shape index (κ3) is 3.86. The van der Waals surface area contributed by atoms with Crippen LogP contribution in [0, 0.1) is 17.0 Å². The Hall–Kier alpha value is -2.42. The summed E-state index contributed by atoms with van der Waals surface area (Å²) < 4.78 is 0. The van der Waals surface area contributed by atoms with E-state index >= 15 is 0 Å². The van der Waals surface area contributed by atoms with Gasteiger partial charge in [0.2, 0.25) is 0 Å². The predicted octanol–water partition coefficient (Wildman–Crippen LogP) is 1.49. The minimum absolute atomic E-state index is 0.00561.